The van der Waals surface area contributed by atoms with Crippen molar-refractivity contribution >= 4 is 11.8 Å². The van der Waals surface area contributed by atoms with Gasteiger partial charge in [0, 0.05) is 19.5 Å². The number of rotatable bonds is 5. The number of piperidine rings is 1. The predicted octanol–water partition coefficient (Wildman–Crippen LogP) is -0.182. The van der Waals surface area contributed by atoms with E-state index in [1.54, 1.807) is 0 Å². The Labute approximate surface area is 141 Å². The van der Waals surface area contributed by atoms with Gasteiger partial charge in [0.05, 0.1) is 19.0 Å². The first-order chi connectivity index (χ1) is 11.6. The first kappa shape index (κ1) is 16.9. The summed E-state index contributed by atoms with van der Waals surface area (Å²) < 4.78 is 2.15. The summed E-state index contributed by atoms with van der Waals surface area (Å²) in [7, 11) is 0. The van der Waals surface area contributed by atoms with Crippen molar-refractivity contribution in [3.05, 3.63) is 11.6 Å². The van der Waals surface area contributed by atoms with Gasteiger partial charge >= 0.3 is 0 Å². The average Bonchev–Trinajstić information content (AvgIpc) is 2.79. The van der Waals surface area contributed by atoms with Crippen molar-refractivity contribution < 1.29 is 9.59 Å². The van der Waals surface area contributed by atoms with Crippen LogP contribution in [0.5, 0.6) is 0 Å². The number of hydrogen-bond acceptors (Lipinski definition) is 5. The summed E-state index contributed by atoms with van der Waals surface area (Å²) in [6.45, 7) is 2.99. The molecule has 24 heavy (non-hydrogen) atoms. The molecule has 1 fully saturated rings. The first-order valence-corrected chi connectivity index (χ1v) is 8.83. The lowest BCUT2D eigenvalue weighted by atomic mass is 9.97. The van der Waals surface area contributed by atoms with Crippen LogP contribution < -0.4 is 11.1 Å². The quantitative estimate of drug-likeness (QED) is 0.777. The standard InChI is InChI=1S/C16H26N6O2/c17-13(23)11-21-7-4-5-12(10-21)16(24)18-9-15-20-19-14-6-2-1-3-8-22(14)15/h12H,1-11H2,(H2,17,23)(H,18,24). The van der Waals surface area contributed by atoms with E-state index >= 15 is 0 Å². The number of aromatic nitrogens is 3. The van der Waals surface area contributed by atoms with Gasteiger partial charge in [0.2, 0.25) is 11.8 Å². The molecule has 0 aromatic carbocycles. The molecule has 1 aromatic heterocycles. The van der Waals surface area contributed by atoms with Gasteiger partial charge in [-0.3, -0.25) is 14.5 Å². The lowest BCUT2D eigenvalue weighted by Gasteiger charge is -2.30. The van der Waals surface area contributed by atoms with Crippen molar-refractivity contribution in [3.63, 3.8) is 0 Å². The monoisotopic (exact) mass is 334 g/mol. The Morgan fingerprint density at radius 1 is 1.17 bits per heavy atom. The molecule has 0 spiro atoms. The molecule has 2 aliphatic heterocycles. The highest BCUT2D eigenvalue weighted by atomic mass is 16.2. The minimum absolute atomic E-state index is 0.0233. The van der Waals surface area contributed by atoms with E-state index < -0.39 is 0 Å². The second-order valence-electron chi connectivity index (χ2n) is 6.75. The molecule has 0 bridgehead atoms. The number of fused-ring (bicyclic) bond motifs is 1. The van der Waals surface area contributed by atoms with Crippen LogP contribution in [0.25, 0.3) is 0 Å². The Morgan fingerprint density at radius 2 is 2.04 bits per heavy atom. The van der Waals surface area contributed by atoms with Crippen LogP contribution in [0.3, 0.4) is 0 Å². The largest absolute Gasteiger partial charge is 0.369 e. The van der Waals surface area contributed by atoms with Crippen molar-refractivity contribution in [2.75, 3.05) is 19.6 Å². The molecule has 2 amide bonds. The second-order valence-corrected chi connectivity index (χ2v) is 6.75. The fourth-order valence-electron chi connectivity index (χ4n) is 3.62. The highest BCUT2D eigenvalue weighted by Crippen LogP contribution is 2.17. The average molecular weight is 334 g/mol. The van der Waals surface area contributed by atoms with E-state index in [0.29, 0.717) is 13.1 Å². The molecular formula is C16H26N6O2. The summed E-state index contributed by atoms with van der Waals surface area (Å²) in [5.74, 6) is 1.45. The third-order valence-corrected chi connectivity index (χ3v) is 4.86. The lowest BCUT2D eigenvalue weighted by molar-refractivity contribution is -0.128. The summed E-state index contributed by atoms with van der Waals surface area (Å²) >= 11 is 0. The molecule has 1 unspecified atom stereocenters. The van der Waals surface area contributed by atoms with E-state index in [9.17, 15) is 9.59 Å². The van der Waals surface area contributed by atoms with E-state index in [1.807, 2.05) is 4.90 Å². The van der Waals surface area contributed by atoms with Gasteiger partial charge in [-0.2, -0.15) is 0 Å². The van der Waals surface area contributed by atoms with E-state index in [1.165, 1.54) is 6.42 Å². The van der Waals surface area contributed by atoms with E-state index in [4.69, 9.17) is 5.73 Å². The van der Waals surface area contributed by atoms with Crippen molar-refractivity contribution in [2.45, 2.75) is 51.6 Å². The van der Waals surface area contributed by atoms with Crippen LogP contribution in [0.15, 0.2) is 0 Å². The number of amides is 2. The van der Waals surface area contributed by atoms with Gasteiger partial charge < -0.3 is 15.6 Å². The maximum atomic E-state index is 12.4. The van der Waals surface area contributed by atoms with Crippen molar-refractivity contribution in [1.29, 1.82) is 0 Å². The van der Waals surface area contributed by atoms with Crippen LogP contribution in [-0.4, -0.2) is 51.1 Å². The Hall–Kier alpha value is -1.96. The molecule has 1 aromatic rings. The number of likely N-dealkylation sites (tertiary alicyclic amines) is 1. The fourth-order valence-corrected chi connectivity index (χ4v) is 3.62. The summed E-state index contributed by atoms with van der Waals surface area (Å²) in [5.41, 5.74) is 5.25. The van der Waals surface area contributed by atoms with Crippen LogP contribution in [0, 0.1) is 5.92 Å². The Balaban J connectivity index is 1.54. The van der Waals surface area contributed by atoms with Gasteiger partial charge in [-0.1, -0.05) is 6.42 Å². The van der Waals surface area contributed by atoms with Gasteiger partial charge in [0.25, 0.3) is 0 Å². The van der Waals surface area contributed by atoms with E-state index in [0.717, 1.165) is 56.8 Å². The Bertz CT molecular complexity index is 599. The van der Waals surface area contributed by atoms with Gasteiger partial charge in [0.15, 0.2) is 5.82 Å². The number of primary amides is 1. The highest BCUT2D eigenvalue weighted by molar-refractivity contribution is 5.79. The van der Waals surface area contributed by atoms with Crippen LogP contribution in [-0.2, 0) is 29.1 Å². The maximum Gasteiger partial charge on any atom is 0.231 e. The molecule has 3 heterocycles. The van der Waals surface area contributed by atoms with Crippen LogP contribution in [0.2, 0.25) is 0 Å². The predicted molar refractivity (Wildman–Crippen MR) is 87.8 cm³/mol. The zero-order valence-electron chi connectivity index (χ0n) is 14.0. The molecule has 1 atom stereocenters. The zero-order chi connectivity index (χ0) is 16.9. The van der Waals surface area contributed by atoms with Gasteiger partial charge in [-0.15, -0.1) is 10.2 Å². The van der Waals surface area contributed by atoms with Crippen LogP contribution in [0.1, 0.15) is 43.8 Å². The van der Waals surface area contributed by atoms with Gasteiger partial charge in [-0.05, 0) is 32.2 Å². The summed E-state index contributed by atoms with van der Waals surface area (Å²) in [6, 6.07) is 0. The van der Waals surface area contributed by atoms with Crippen LogP contribution >= 0.6 is 0 Å². The topological polar surface area (TPSA) is 106 Å². The molecule has 0 saturated carbocycles. The molecule has 1 saturated heterocycles. The van der Waals surface area contributed by atoms with Gasteiger partial charge in [0.1, 0.15) is 5.82 Å². The summed E-state index contributed by atoms with van der Waals surface area (Å²) in [5, 5.41) is 11.5. The fraction of sp³-hybridized carbons (Fsp3) is 0.750. The summed E-state index contributed by atoms with van der Waals surface area (Å²) in [6.07, 6.45) is 6.22. The van der Waals surface area contributed by atoms with E-state index in [2.05, 4.69) is 20.1 Å². The molecule has 0 aliphatic carbocycles. The third-order valence-electron chi connectivity index (χ3n) is 4.86. The number of hydrogen-bond donors (Lipinski definition) is 2. The number of nitrogens with two attached hydrogens (primary N) is 1. The Morgan fingerprint density at radius 3 is 2.88 bits per heavy atom. The summed E-state index contributed by atoms with van der Waals surface area (Å²) in [4.78, 5) is 25.5. The zero-order valence-corrected chi connectivity index (χ0v) is 14.0. The SMILES string of the molecule is NC(=O)CN1CCCC(C(=O)NCc2nnc3n2CCCCC3)C1. The number of carbonyl (C=O) groups excluding carboxylic acids is 2. The minimum Gasteiger partial charge on any atom is -0.369 e. The van der Waals surface area contributed by atoms with Crippen molar-refractivity contribution in [2.24, 2.45) is 11.7 Å². The third kappa shape index (κ3) is 4.11. The van der Waals surface area contributed by atoms with Crippen LogP contribution in [0.4, 0.5) is 0 Å². The number of carbonyl (C=O) groups is 2. The highest BCUT2D eigenvalue weighted by Gasteiger charge is 2.26. The molecule has 2 aliphatic rings. The molecule has 0 radical (unpaired) electrons. The minimum atomic E-state index is -0.345. The molecule has 132 valence electrons. The molecule has 3 rings (SSSR count). The molecular weight excluding hydrogens is 308 g/mol. The number of nitrogens with one attached hydrogen (secondary N) is 1. The Kier molecular flexibility index (Phi) is 5.44. The van der Waals surface area contributed by atoms with E-state index in [-0.39, 0.29) is 24.3 Å². The molecule has 3 N–H and O–H groups in total. The lowest BCUT2D eigenvalue weighted by Crippen LogP contribution is -2.45. The second kappa shape index (κ2) is 7.74. The smallest absolute Gasteiger partial charge is 0.231 e. The first-order valence-electron chi connectivity index (χ1n) is 8.83. The molecule has 8 nitrogen and oxygen atoms in total. The molecule has 8 heteroatoms. The normalized spacial score (nSPS) is 21.8. The van der Waals surface area contributed by atoms with Gasteiger partial charge in [-0.25, -0.2) is 0 Å². The van der Waals surface area contributed by atoms with Crippen molar-refractivity contribution in [1.82, 2.24) is 25.0 Å². The maximum absolute atomic E-state index is 12.4. The number of aryl methyl sites for hydroxylation is 1. The van der Waals surface area contributed by atoms with Crippen molar-refractivity contribution in [3.8, 4) is 0 Å². The number of nitrogens with zero attached hydrogens (tertiary/aromatic N) is 4.